The van der Waals surface area contributed by atoms with Crippen LogP contribution in [0.2, 0.25) is 0 Å². The highest BCUT2D eigenvalue weighted by atomic mass is 19.3. The van der Waals surface area contributed by atoms with E-state index in [-0.39, 0.29) is 5.75 Å². The fraction of sp³-hybridized carbons (Fsp3) is 0.273. The summed E-state index contributed by atoms with van der Waals surface area (Å²) >= 11 is 0. The summed E-state index contributed by atoms with van der Waals surface area (Å²) in [5.74, 6) is 1.14. The average Bonchev–Trinajstić information content (AvgIpc) is 2.74. The SMILES string of the molecule is Cc1nc(CNc2ccc(OC(F)F)cc2)no1. The predicted molar refractivity (Wildman–Crippen MR) is 59.4 cm³/mol. The number of nitrogens with zero attached hydrogens (tertiary/aromatic N) is 2. The standard InChI is InChI=1S/C11H11F2N3O2/c1-7-15-10(16-18-7)6-14-8-2-4-9(5-3-8)17-11(12)13/h2-5,11,14H,6H2,1H3. The van der Waals surface area contributed by atoms with Crippen LogP contribution in [0.4, 0.5) is 14.5 Å². The number of aryl methyl sites for hydroxylation is 1. The summed E-state index contributed by atoms with van der Waals surface area (Å²) in [6.45, 7) is -0.717. The highest BCUT2D eigenvalue weighted by molar-refractivity contribution is 5.46. The molecular formula is C11H11F2N3O2. The lowest BCUT2D eigenvalue weighted by atomic mass is 10.3. The summed E-state index contributed by atoms with van der Waals surface area (Å²) in [5.41, 5.74) is 0.749. The zero-order chi connectivity index (χ0) is 13.0. The number of anilines is 1. The third-order valence-electron chi connectivity index (χ3n) is 2.10. The average molecular weight is 255 g/mol. The zero-order valence-corrected chi connectivity index (χ0v) is 9.56. The molecule has 0 unspecified atom stereocenters. The summed E-state index contributed by atoms with van der Waals surface area (Å²) in [6, 6.07) is 6.17. The number of rotatable bonds is 5. The quantitative estimate of drug-likeness (QED) is 0.889. The maximum Gasteiger partial charge on any atom is 0.387 e. The van der Waals surface area contributed by atoms with Gasteiger partial charge in [0.05, 0.1) is 6.54 Å². The van der Waals surface area contributed by atoms with Gasteiger partial charge in [-0.25, -0.2) is 0 Å². The molecule has 2 aromatic rings. The van der Waals surface area contributed by atoms with Crippen molar-refractivity contribution >= 4 is 5.69 Å². The van der Waals surface area contributed by atoms with Crippen LogP contribution in [0, 0.1) is 6.92 Å². The van der Waals surface area contributed by atoms with Gasteiger partial charge in [-0.2, -0.15) is 13.8 Å². The first-order valence-corrected chi connectivity index (χ1v) is 5.21. The van der Waals surface area contributed by atoms with Crippen molar-refractivity contribution in [3.8, 4) is 5.75 Å². The minimum Gasteiger partial charge on any atom is -0.435 e. The van der Waals surface area contributed by atoms with Crippen LogP contribution >= 0.6 is 0 Å². The first-order chi connectivity index (χ1) is 8.63. The molecule has 0 aliphatic carbocycles. The molecule has 7 heteroatoms. The van der Waals surface area contributed by atoms with Crippen LogP contribution in [0.5, 0.6) is 5.75 Å². The van der Waals surface area contributed by atoms with Gasteiger partial charge in [-0.3, -0.25) is 0 Å². The molecule has 1 aromatic carbocycles. The Hall–Kier alpha value is -2.18. The van der Waals surface area contributed by atoms with Crippen LogP contribution < -0.4 is 10.1 Å². The largest absolute Gasteiger partial charge is 0.435 e. The van der Waals surface area contributed by atoms with Crippen LogP contribution in [0.3, 0.4) is 0 Å². The second-order valence-corrected chi connectivity index (χ2v) is 3.49. The number of halogens is 2. The number of ether oxygens (including phenoxy) is 1. The Kier molecular flexibility index (Phi) is 3.71. The van der Waals surface area contributed by atoms with E-state index >= 15 is 0 Å². The van der Waals surface area contributed by atoms with Crippen LogP contribution in [-0.4, -0.2) is 16.8 Å². The first-order valence-electron chi connectivity index (χ1n) is 5.21. The normalized spacial score (nSPS) is 10.7. The molecule has 0 amide bonds. The van der Waals surface area contributed by atoms with Crippen LogP contribution in [-0.2, 0) is 6.54 Å². The van der Waals surface area contributed by atoms with E-state index in [4.69, 9.17) is 4.52 Å². The Bertz CT molecular complexity index is 499. The predicted octanol–water partition coefficient (Wildman–Crippen LogP) is 2.59. The molecule has 0 saturated heterocycles. The third kappa shape index (κ3) is 3.41. The number of alkyl halides is 2. The molecule has 5 nitrogen and oxygen atoms in total. The second-order valence-electron chi connectivity index (χ2n) is 3.49. The van der Waals surface area contributed by atoms with E-state index in [0.717, 1.165) is 5.69 Å². The molecule has 0 aliphatic rings. The van der Waals surface area contributed by atoms with Gasteiger partial charge in [-0.1, -0.05) is 5.16 Å². The molecule has 1 heterocycles. The van der Waals surface area contributed by atoms with Gasteiger partial charge in [0.2, 0.25) is 5.89 Å². The fourth-order valence-corrected chi connectivity index (χ4v) is 1.35. The smallest absolute Gasteiger partial charge is 0.387 e. The van der Waals surface area contributed by atoms with Crippen molar-refractivity contribution in [2.45, 2.75) is 20.1 Å². The molecular weight excluding hydrogens is 244 g/mol. The Morgan fingerprint density at radius 1 is 1.33 bits per heavy atom. The van der Waals surface area contributed by atoms with Crippen molar-refractivity contribution in [3.05, 3.63) is 36.0 Å². The van der Waals surface area contributed by atoms with Crippen molar-refractivity contribution in [1.82, 2.24) is 10.1 Å². The Morgan fingerprint density at radius 2 is 2.06 bits per heavy atom. The van der Waals surface area contributed by atoms with E-state index in [9.17, 15) is 8.78 Å². The molecule has 0 spiro atoms. The lowest BCUT2D eigenvalue weighted by Gasteiger charge is -2.06. The third-order valence-corrected chi connectivity index (χ3v) is 2.10. The molecule has 0 fully saturated rings. The molecule has 0 bridgehead atoms. The summed E-state index contributed by atoms with van der Waals surface area (Å²) < 4.78 is 32.9. The van der Waals surface area contributed by atoms with Crippen molar-refractivity contribution in [3.63, 3.8) is 0 Å². The van der Waals surface area contributed by atoms with E-state index in [1.165, 1.54) is 12.1 Å². The lowest BCUT2D eigenvalue weighted by molar-refractivity contribution is -0.0498. The van der Waals surface area contributed by atoms with Gasteiger partial charge in [0.15, 0.2) is 5.82 Å². The summed E-state index contributed by atoms with van der Waals surface area (Å²) in [4.78, 5) is 4.02. The summed E-state index contributed by atoms with van der Waals surface area (Å²) in [7, 11) is 0. The molecule has 1 aromatic heterocycles. The molecule has 0 aliphatic heterocycles. The maximum atomic E-state index is 11.9. The van der Waals surface area contributed by atoms with E-state index in [0.29, 0.717) is 18.3 Å². The number of benzene rings is 1. The number of nitrogens with one attached hydrogen (secondary N) is 1. The Labute approximate surface area is 102 Å². The van der Waals surface area contributed by atoms with Gasteiger partial charge in [0.1, 0.15) is 5.75 Å². The minimum atomic E-state index is -2.81. The zero-order valence-electron chi connectivity index (χ0n) is 9.56. The maximum absolute atomic E-state index is 11.9. The van der Waals surface area contributed by atoms with Crippen molar-refractivity contribution in [2.75, 3.05) is 5.32 Å². The molecule has 0 radical (unpaired) electrons. The lowest BCUT2D eigenvalue weighted by Crippen LogP contribution is -2.03. The van der Waals surface area contributed by atoms with Gasteiger partial charge in [-0.15, -0.1) is 0 Å². The highest BCUT2D eigenvalue weighted by Crippen LogP contribution is 2.17. The number of aromatic nitrogens is 2. The highest BCUT2D eigenvalue weighted by Gasteiger charge is 2.04. The van der Waals surface area contributed by atoms with Crippen molar-refractivity contribution in [1.29, 1.82) is 0 Å². The Balaban J connectivity index is 1.90. The summed E-state index contributed by atoms with van der Waals surface area (Å²) in [6.07, 6.45) is 0. The molecule has 0 atom stereocenters. The fourth-order valence-electron chi connectivity index (χ4n) is 1.35. The van der Waals surface area contributed by atoms with Crippen LogP contribution in [0.1, 0.15) is 11.7 Å². The van der Waals surface area contributed by atoms with E-state index in [1.807, 2.05) is 0 Å². The Morgan fingerprint density at radius 3 is 2.61 bits per heavy atom. The van der Waals surface area contributed by atoms with Gasteiger partial charge in [0.25, 0.3) is 0 Å². The van der Waals surface area contributed by atoms with Gasteiger partial charge >= 0.3 is 6.61 Å². The monoisotopic (exact) mass is 255 g/mol. The molecule has 1 N–H and O–H groups in total. The minimum absolute atomic E-state index is 0.117. The van der Waals surface area contributed by atoms with Crippen molar-refractivity contribution in [2.24, 2.45) is 0 Å². The van der Waals surface area contributed by atoms with E-state index in [1.54, 1.807) is 19.1 Å². The summed E-state index contributed by atoms with van der Waals surface area (Å²) in [5, 5.41) is 6.74. The molecule has 18 heavy (non-hydrogen) atoms. The van der Waals surface area contributed by atoms with Gasteiger partial charge < -0.3 is 14.6 Å². The molecule has 2 rings (SSSR count). The van der Waals surface area contributed by atoms with Crippen LogP contribution in [0.25, 0.3) is 0 Å². The first kappa shape index (κ1) is 12.3. The molecule has 0 saturated carbocycles. The van der Waals surface area contributed by atoms with Crippen molar-refractivity contribution < 1.29 is 18.0 Å². The second kappa shape index (κ2) is 5.44. The topological polar surface area (TPSA) is 60.2 Å². The number of hydrogen-bond acceptors (Lipinski definition) is 5. The van der Waals surface area contributed by atoms with Crippen LogP contribution in [0.15, 0.2) is 28.8 Å². The number of hydrogen-bond donors (Lipinski definition) is 1. The van der Waals surface area contributed by atoms with E-state index < -0.39 is 6.61 Å². The van der Waals surface area contributed by atoms with E-state index in [2.05, 4.69) is 20.2 Å². The van der Waals surface area contributed by atoms with Gasteiger partial charge in [0, 0.05) is 12.6 Å². The molecule has 96 valence electrons. The van der Waals surface area contributed by atoms with Gasteiger partial charge in [-0.05, 0) is 24.3 Å².